The maximum absolute atomic E-state index is 13.8. The fourth-order valence-electron chi connectivity index (χ4n) is 5.90. The third kappa shape index (κ3) is 9.84. The lowest BCUT2D eigenvalue weighted by Gasteiger charge is -2.38. The number of rotatable bonds is 12. The average molecular weight is 722 g/mol. The number of hydrogen-bond donors (Lipinski definition) is 2. The van der Waals surface area contributed by atoms with Crippen molar-refractivity contribution in [1.82, 2.24) is 9.80 Å². The molecule has 1 aliphatic rings. The zero-order valence-corrected chi connectivity index (χ0v) is 29.8. The Morgan fingerprint density at radius 3 is 2.39 bits per heavy atom. The minimum Gasteiger partial charge on any atom is -0.497 e. The van der Waals surface area contributed by atoms with Gasteiger partial charge >= 0.3 is 6.18 Å². The summed E-state index contributed by atoms with van der Waals surface area (Å²) >= 11 is 1.65. The largest absolute Gasteiger partial charge is 0.497 e. The zero-order valence-electron chi connectivity index (χ0n) is 28.9. The van der Waals surface area contributed by atoms with Crippen LogP contribution in [0.1, 0.15) is 40.9 Å². The number of anilines is 1. The number of carbonyl (C=O) groups excluding carboxylic acids is 2. The van der Waals surface area contributed by atoms with Gasteiger partial charge in [0.2, 0.25) is 5.91 Å². The number of nitrogens with one attached hydrogen (secondary N) is 1. The normalized spacial score (nSPS) is 16.9. The van der Waals surface area contributed by atoms with Crippen LogP contribution in [0.15, 0.2) is 101 Å². The molecule has 0 bridgehead atoms. The second kappa shape index (κ2) is 16.7. The van der Waals surface area contributed by atoms with Crippen molar-refractivity contribution in [2.75, 3.05) is 39.2 Å². The lowest BCUT2D eigenvalue weighted by Crippen LogP contribution is -2.49. The van der Waals surface area contributed by atoms with Crippen molar-refractivity contribution in [3.63, 3.8) is 0 Å². The molecule has 1 aliphatic heterocycles. The van der Waals surface area contributed by atoms with Gasteiger partial charge in [-0.05, 0) is 79.7 Å². The smallest absolute Gasteiger partial charge is 0.416 e. The number of halogens is 3. The predicted octanol–water partition coefficient (Wildman–Crippen LogP) is 7.40. The first-order valence-electron chi connectivity index (χ1n) is 16.6. The summed E-state index contributed by atoms with van der Waals surface area (Å²) in [5.74, 6) is 0.0448. The highest BCUT2D eigenvalue weighted by Crippen LogP contribution is 2.36. The lowest BCUT2D eigenvalue weighted by molar-refractivity contribution is -0.137. The predicted molar refractivity (Wildman–Crippen MR) is 191 cm³/mol. The van der Waals surface area contributed by atoms with E-state index in [4.69, 9.17) is 9.47 Å². The number of para-hydroxylation sites is 1. The van der Waals surface area contributed by atoms with Crippen LogP contribution in [0.4, 0.5) is 18.9 Å². The molecule has 0 saturated carbocycles. The first-order valence-corrected chi connectivity index (χ1v) is 17.4. The zero-order chi connectivity index (χ0) is 36.7. The van der Waals surface area contributed by atoms with Gasteiger partial charge in [0.05, 0.1) is 43.0 Å². The molecule has 4 aromatic rings. The Hall–Kier alpha value is -4.52. The number of ether oxygens (including phenoxy) is 2. The number of aliphatic hydroxyl groups excluding tert-OH is 1. The van der Waals surface area contributed by atoms with Crippen LogP contribution in [0.5, 0.6) is 11.5 Å². The molecule has 12 heteroatoms. The number of hydrogen-bond acceptors (Lipinski definition) is 7. The molecule has 2 amide bonds. The van der Waals surface area contributed by atoms with Crippen molar-refractivity contribution in [2.45, 2.75) is 54.9 Å². The summed E-state index contributed by atoms with van der Waals surface area (Å²) < 4.78 is 51.0. The second-order valence-electron chi connectivity index (χ2n) is 12.8. The highest BCUT2D eigenvalue weighted by Gasteiger charge is 2.35. The van der Waals surface area contributed by atoms with Gasteiger partial charge in [-0.2, -0.15) is 13.2 Å². The number of fused-ring (bicyclic) bond motifs is 1. The number of alkyl halides is 3. The van der Waals surface area contributed by atoms with Crippen LogP contribution >= 0.6 is 11.8 Å². The van der Waals surface area contributed by atoms with Crippen molar-refractivity contribution in [1.29, 1.82) is 0 Å². The molecule has 51 heavy (non-hydrogen) atoms. The van der Waals surface area contributed by atoms with E-state index in [1.165, 1.54) is 12.1 Å². The molecule has 0 fully saturated rings. The summed E-state index contributed by atoms with van der Waals surface area (Å²) in [6.45, 7) is 5.01. The van der Waals surface area contributed by atoms with Crippen LogP contribution < -0.4 is 14.8 Å². The average Bonchev–Trinajstić information content (AvgIpc) is 3.10. The summed E-state index contributed by atoms with van der Waals surface area (Å²) in [7, 11) is 3.64. The van der Waals surface area contributed by atoms with Crippen LogP contribution in [0.25, 0.3) is 0 Å². The van der Waals surface area contributed by atoms with Gasteiger partial charge in [0, 0.05) is 35.3 Å². The quantitative estimate of drug-likeness (QED) is 0.158. The van der Waals surface area contributed by atoms with E-state index >= 15 is 0 Å². The number of carbonyl (C=O) groups is 2. The Labute approximate surface area is 300 Å². The molecule has 270 valence electrons. The van der Waals surface area contributed by atoms with Crippen LogP contribution in [0.2, 0.25) is 0 Å². The Balaban J connectivity index is 1.33. The molecule has 1 unspecified atom stereocenters. The fourth-order valence-corrected chi connectivity index (χ4v) is 6.76. The third-order valence-electron chi connectivity index (χ3n) is 8.76. The number of methoxy groups -OCH3 is 1. The van der Waals surface area contributed by atoms with Crippen LogP contribution in [-0.4, -0.2) is 72.7 Å². The minimum absolute atomic E-state index is 0.156. The van der Waals surface area contributed by atoms with Crippen LogP contribution in [0.3, 0.4) is 0 Å². The van der Waals surface area contributed by atoms with E-state index in [2.05, 4.69) is 34.5 Å². The van der Waals surface area contributed by atoms with E-state index in [1.54, 1.807) is 48.9 Å². The van der Waals surface area contributed by atoms with Crippen molar-refractivity contribution in [2.24, 2.45) is 5.92 Å². The Kier molecular flexibility index (Phi) is 12.3. The van der Waals surface area contributed by atoms with Crippen molar-refractivity contribution >= 4 is 29.3 Å². The number of benzene rings is 4. The fraction of sp³-hybridized carbons (Fsp3) is 0.333. The van der Waals surface area contributed by atoms with Gasteiger partial charge in [0.15, 0.2) is 5.75 Å². The lowest BCUT2D eigenvalue weighted by atomic mass is 9.98. The van der Waals surface area contributed by atoms with Gasteiger partial charge in [0.25, 0.3) is 5.91 Å². The molecule has 4 aromatic carbocycles. The summed E-state index contributed by atoms with van der Waals surface area (Å²) in [5.41, 5.74) is 1.23. The van der Waals surface area contributed by atoms with Crippen LogP contribution in [-0.2, 0) is 23.9 Å². The second-order valence-corrected chi connectivity index (χ2v) is 14.0. The van der Waals surface area contributed by atoms with Crippen molar-refractivity contribution in [3.05, 3.63) is 113 Å². The molecule has 3 atom stereocenters. The molecular weight excluding hydrogens is 680 g/mol. The van der Waals surface area contributed by atoms with Crippen molar-refractivity contribution in [3.8, 4) is 11.5 Å². The molecule has 0 aromatic heterocycles. The Morgan fingerprint density at radius 2 is 1.73 bits per heavy atom. The Bertz CT molecular complexity index is 1800. The van der Waals surface area contributed by atoms with E-state index in [1.807, 2.05) is 38.2 Å². The molecule has 0 aliphatic carbocycles. The van der Waals surface area contributed by atoms with E-state index in [0.29, 0.717) is 25.2 Å². The van der Waals surface area contributed by atoms with Gasteiger partial charge in [-0.1, -0.05) is 55.1 Å². The molecule has 0 radical (unpaired) electrons. The standard InChI is InChI=1S/C39H42F3N3O5S/c1-25-21-45(26(2)24-46)38(48)33-9-6-10-34(43-36(47)19-27-11-15-29(16-12-27)39(40,41)42)37(33)50-35(25)23-44(3)22-28-13-17-31(18-14-28)51-32-8-5-7-30(20-32)49-4/h5-18,20,25-26,35,46H,19,21-24H2,1-4H3,(H,43,47)/t25-,26?,35-/m1/s1. The molecule has 2 N–H and O–H groups in total. The topological polar surface area (TPSA) is 91.3 Å². The first-order chi connectivity index (χ1) is 24.3. The highest BCUT2D eigenvalue weighted by molar-refractivity contribution is 7.99. The van der Waals surface area contributed by atoms with E-state index < -0.39 is 29.8 Å². The maximum atomic E-state index is 13.8. The minimum atomic E-state index is -4.48. The molecule has 0 saturated heterocycles. The Morgan fingerprint density at radius 1 is 1.04 bits per heavy atom. The maximum Gasteiger partial charge on any atom is 0.416 e. The molecule has 1 heterocycles. The van der Waals surface area contributed by atoms with Gasteiger partial charge in [-0.3, -0.25) is 14.5 Å². The molecular formula is C39H42F3N3O5S. The number of likely N-dealkylation sites (N-methyl/N-ethyl adjacent to an activating group) is 1. The SMILES string of the molecule is COc1cccc(Sc2ccc(CN(C)C[C@H]3Oc4c(NC(=O)Cc5ccc(C(F)(F)F)cc5)cccc4C(=O)N(C(C)CO)C[C@H]3C)cc2)c1. The van der Waals surface area contributed by atoms with Crippen molar-refractivity contribution < 1.29 is 37.3 Å². The number of aliphatic hydroxyl groups is 1. The first kappa shape index (κ1) is 37.7. The summed E-state index contributed by atoms with van der Waals surface area (Å²) in [6.07, 6.45) is -5.07. The van der Waals surface area contributed by atoms with Gasteiger partial charge in [-0.15, -0.1) is 0 Å². The highest BCUT2D eigenvalue weighted by atomic mass is 32.2. The number of nitrogens with zero attached hydrogens (tertiary/aromatic N) is 2. The van der Waals surface area contributed by atoms with Gasteiger partial charge in [0.1, 0.15) is 11.9 Å². The summed E-state index contributed by atoms with van der Waals surface area (Å²) in [5, 5.41) is 12.8. The summed E-state index contributed by atoms with van der Waals surface area (Å²) in [4.78, 5) is 32.9. The molecule has 0 spiro atoms. The monoisotopic (exact) mass is 721 g/mol. The number of amides is 2. The third-order valence-corrected chi connectivity index (χ3v) is 9.75. The molecule has 8 nitrogen and oxygen atoms in total. The van der Waals surface area contributed by atoms with E-state index in [0.717, 1.165) is 33.2 Å². The molecule has 5 rings (SSSR count). The van der Waals surface area contributed by atoms with E-state index in [-0.39, 0.29) is 41.9 Å². The summed E-state index contributed by atoms with van der Waals surface area (Å²) in [6, 6.07) is 25.1. The van der Waals surface area contributed by atoms with Gasteiger partial charge in [-0.25, -0.2) is 0 Å². The van der Waals surface area contributed by atoms with Gasteiger partial charge < -0.3 is 24.8 Å². The van der Waals surface area contributed by atoms with Crippen LogP contribution in [0, 0.1) is 5.92 Å². The van der Waals surface area contributed by atoms with E-state index in [9.17, 15) is 27.9 Å².